The van der Waals surface area contributed by atoms with Crippen LogP contribution in [0.15, 0.2) is 24.3 Å². The van der Waals surface area contributed by atoms with E-state index in [2.05, 4.69) is 116 Å². The van der Waals surface area contributed by atoms with Crippen LogP contribution in [0.1, 0.15) is 179 Å². The molecular weight excluding hydrogens is 650 g/mol. The number of carbonyl (C=O) groups is 2. The second kappa shape index (κ2) is 15.5. The van der Waals surface area contributed by atoms with E-state index in [1.165, 1.54) is 0 Å². The normalized spacial score (nSPS) is 17.4. The van der Waals surface area contributed by atoms with Gasteiger partial charge in [-0.15, -0.1) is 0 Å². The SMILES string of the molecule is CC(C)(C)c1cc(C(=O)CCOCCN2C(C)(C)CC(OCCC(=O)c3cc(C(C)(C)C)c(O)c(C(C)(C)C)c3)CC2(C)C)cc(C(C)(C)C)c1O. The van der Waals surface area contributed by atoms with Gasteiger partial charge in [-0.2, -0.15) is 0 Å². The third-order valence-electron chi connectivity index (χ3n) is 10.6. The molecule has 0 unspecified atom stereocenters. The zero-order valence-electron chi connectivity index (χ0n) is 35.5. The van der Waals surface area contributed by atoms with Gasteiger partial charge in [-0.1, -0.05) is 83.1 Å². The molecule has 0 aliphatic carbocycles. The summed E-state index contributed by atoms with van der Waals surface area (Å²) in [6.07, 6.45) is 2.24. The maximum Gasteiger partial charge on any atom is 0.165 e. The van der Waals surface area contributed by atoms with E-state index >= 15 is 0 Å². The zero-order valence-corrected chi connectivity index (χ0v) is 35.5. The van der Waals surface area contributed by atoms with Crippen molar-refractivity contribution in [3.63, 3.8) is 0 Å². The fourth-order valence-electron chi connectivity index (χ4n) is 7.86. The summed E-state index contributed by atoms with van der Waals surface area (Å²) in [6, 6.07) is 7.40. The summed E-state index contributed by atoms with van der Waals surface area (Å²) in [5.41, 5.74) is 2.88. The minimum absolute atomic E-state index is 0.0165. The fraction of sp³-hybridized carbons (Fsp3) is 0.689. The van der Waals surface area contributed by atoms with Gasteiger partial charge in [0.1, 0.15) is 11.5 Å². The van der Waals surface area contributed by atoms with Crippen molar-refractivity contribution in [2.75, 3.05) is 26.4 Å². The Balaban J connectivity index is 1.57. The Morgan fingerprint density at radius 3 is 1.27 bits per heavy atom. The molecule has 292 valence electrons. The molecule has 0 atom stereocenters. The molecule has 0 radical (unpaired) electrons. The Hall–Kier alpha value is -2.74. The molecule has 1 heterocycles. The molecule has 0 amide bonds. The summed E-state index contributed by atoms with van der Waals surface area (Å²) in [5, 5.41) is 22.1. The van der Waals surface area contributed by atoms with E-state index in [1.54, 1.807) is 0 Å². The second-order valence-electron chi connectivity index (χ2n) is 20.5. The lowest BCUT2D eigenvalue weighted by Crippen LogP contribution is -2.62. The molecule has 3 rings (SSSR count). The van der Waals surface area contributed by atoms with E-state index in [9.17, 15) is 19.8 Å². The number of Topliss-reactive ketones (excluding diaryl/α,β-unsaturated/α-hetero) is 2. The number of carbonyl (C=O) groups excluding carboxylic acids is 2. The maximum absolute atomic E-state index is 13.5. The molecule has 7 heteroatoms. The highest BCUT2D eigenvalue weighted by atomic mass is 16.5. The first-order valence-electron chi connectivity index (χ1n) is 19.3. The Morgan fingerprint density at radius 2 is 0.942 bits per heavy atom. The molecule has 52 heavy (non-hydrogen) atoms. The molecule has 1 saturated heterocycles. The topological polar surface area (TPSA) is 96.3 Å². The lowest BCUT2D eigenvalue weighted by atomic mass is 9.78. The summed E-state index contributed by atoms with van der Waals surface area (Å²) >= 11 is 0. The van der Waals surface area contributed by atoms with E-state index in [0.29, 0.717) is 30.9 Å². The van der Waals surface area contributed by atoms with Gasteiger partial charge in [0.05, 0.1) is 25.9 Å². The van der Waals surface area contributed by atoms with Crippen LogP contribution in [0.2, 0.25) is 0 Å². The monoisotopic (exact) mass is 722 g/mol. The highest BCUT2D eigenvalue weighted by molar-refractivity contribution is 5.97. The van der Waals surface area contributed by atoms with Crippen LogP contribution in [0.3, 0.4) is 0 Å². The number of hydrogen-bond acceptors (Lipinski definition) is 7. The molecule has 1 aliphatic rings. The maximum atomic E-state index is 13.5. The first-order valence-corrected chi connectivity index (χ1v) is 19.3. The summed E-state index contributed by atoms with van der Waals surface area (Å²) in [4.78, 5) is 29.3. The van der Waals surface area contributed by atoms with Crippen molar-refractivity contribution in [3.05, 3.63) is 57.6 Å². The summed E-state index contributed by atoms with van der Waals surface area (Å²) in [6.45, 7) is 35.5. The predicted molar refractivity (Wildman–Crippen MR) is 214 cm³/mol. The van der Waals surface area contributed by atoms with Crippen molar-refractivity contribution in [2.24, 2.45) is 0 Å². The molecule has 2 aromatic rings. The third kappa shape index (κ3) is 10.7. The van der Waals surface area contributed by atoms with Crippen molar-refractivity contribution in [1.82, 2.24) is 4.90 Å². The summed E-state index contributed by atoms with van der Waals surface area (Å²) in [5.74, 6) is 0.598. The van der Waals surface area contributed by atoms with Crippen molar-refractivity contribution in [2.45, 2.75) is 175 Å². The molecule has 0 aromatic heterocycles. The molecule has 0 spiro atoms. The number of benzene rings is 2. The van der Waals surface area contributed by atoms with E-state index in [0.717, 1.165) is 41.6 Å². The van der Waals surface area contributed by atoms with Crippen molar-refractivity contribution >= 4 is 11.6 Å². The van der Waals surface area contributed by atoms with Crippen LogP contribution in [0.25, 0.3) is 0 Å². The first-order chi connectivity index (χ1) is 23.5. The largest absolute Gasteiger partial charge is 0.507 e. The van der Waals surface area contributed by atoms with Gasteiger partial charge in [0.2, 0.25) is 0 Å². The molecule has 1 fully saturated rings. The number of rotatable bonds is 12. The van der Waals surface area contributed by atoms with E-state index in [1.807, 2.05) is 24.3 Å². The number of aromatic hydroxyl groups is 2. The van der Waals surface area contributed by atoms with Crippen LogP contribution >= 0.6 is 0 Å². The van der Waals surface area contributed by atoms with Crippen molar-refractivity contribution in [3.8, 4) is 11.5 Å². The van der Waals surface area contributed by atoms with E-state index < -0.39 is 0 Å². The zero-order chi connectivity index (χ0) is 39.8. The Bertz CT molecular complexity index is 1500. The van der Waals surface area contributed by atoms with Gasteiger partial charge >= 0.3 is 0 Å². The number of likely N-dealkylation sites (tertiary alicyclic amines) is 1. The van der Waals surface area contributed by atoms with Crippen molar-refractivity contribution in [1.29, 1.82) is 0 Å². The first kappa shape index (κ1) is 43.7. The molecule has 7 nitrogen and oxygen atoms in total. The van der Waals surface area contributed by atoms with Gasteiger partial charge in [0.15, 0.2) is 11.6 Å². The van der Waals surface area contributed by atoms with Gasteiger partial charge in [-0.3, -0.25) is 14.5 Å². The smallest absolute Gasteiger partial charge is 0.165 e. The average Bonchev–Trinajstić information content (AvgIpc) is 2.95. The van der Waals surface area contributed by atoms with E-state index in [-0.39, 0.29) is 74.7 Å². The Morgan fingerprint density at radius 1 is 0.615 bits per heavy atom. The van der Waals surface area contributed by atoms with E-state index in [4.69, 9.17) is 9.47 Å². The minimum Gasteiger partial charge on any atom is -0.507 e. The quantitative estimate of drug-likeness (QED) is 0.166. The highest BCUT2D eigenvalue weighted by Crippen LogP contribution is 2.42. The Labute approximate surface area is 315 Å². The molecule has 0 saturated carbocycles. The lowest BCUT2D eigenvalue weighted by molar-refractivity contribution is -0.110. The van der Waals surface area contributed by atoms with Crippen LogP contribution in [0.5, 0.6) is 11.5 Å². The number of hydrogen-bond donors (Lipinski definition) is 2. The van der Waals surface area contributed by atoms with Gasteiger partial charge in [-0.05, 0) is 86.5 Å². The number of phenols is 2. The van der Waals surface area contributed by atoms with Crippen LogP contribution in [-0.4, -0.2) is 70.2 Å². The predicted octanol–water partition coefficient (Wildman–Crippen LogP) is 10.2. The van der Waals surface area contributed by atoms with Crippen molar-refractivity contribution < 1.29 is 29.3 Å². The Kier molecular flexibility index (Phi) is 13.1. The third-order valence-corrected chi connectivity index (χ3v) is 10.6. The summed E-state index contributed by atoms with van der Waals surface area (Å²) < 4.78 is 12.5. The molecular formula is C45H71NO6. The second-order valence-corrected chi connectivity index (χ2v) is 20.5. The number of piperidine rings is 1. The fourth-order valence-corrected chi connectivity index (χ4v) is 7.86. The van der Waals surface area contributed by atoms with Gasteiger partial charge in [-0.25, -0.2) is 0 Å². The molecule has 0 bridgehead atoms. The van der Waals surface area contributed by atoms with Crippen LogP contribution in [0, 0.1) is 0 Å². The van der Waals surface area contributed by atoms with Crippen LogP contribution in [-0.2, 0) is 31.1 Å². The van der Waals surface area contributed by atoms with Gasteiger partial charge < -0.3 is 19.7 Å². The number of ketones is 2. The number of nitrogens with zero attached hydrogens (tertiary/aromatic N) is 1. The number of phenolic OH excluding ortho intramolecular Hbond substituents is 2. The van der Waals surface area contributed by atoms with Gasteiger partial charge in [0.25, 0.3) is 0 Å². The standard InChI is InChI=1S/C45H71NO6/c1-40(2,3)32-23-29(24-33(38(32)49)41(4,5)6)36(47)17-20-51-22-19-46-44(13,14)27-31(28-45(46,15)16)52-21-18-37(48)30-25-34(42(7,8)9)39(50)35(26-30)43(10,11)12/h23-26,31,49-50H,17-22,27-28H2,1-16H3. The van der Waals surface area contributed by atoms with Crippen LogP contribution < -0.4 is 0 Å². The minimum atomic E-state index is -0.300. The molecule has 2 aromatic carbocycles. The highest BCUT2D eigenvalue weighted by Gasteiger charge is 2.45. The molecule has 2 N–H and O–H groups in total. The lowest BCUT2D eigenvalue weighted by Gasteiger charge is -2.55. The van der Waals surface area contributed by atoms with Gasteiger partial charge in [0, 0.05) is 63.8 Å². The molecule has 1 aliphatic heterocycles. The average molecular weight is 722 g/mol. The number of ether oxygens (including phenoxy) is 2. The summed E-state index contributed by atoms with van der Waals surface area (Å²) in [7, 11) is 0. The van der Waals surface area contributed by atoms with Crippen LogP contribution in [0.4, 0.5) is 0 Å².